The molecule has 0 radical (unpaired) electrons. The van der Waals surface area contributed by atoms with E-state index in [1.54, 1.807) is 32.2 Å². The summed E-state index contributed by atoms with van der Waals surface area (Å²) in [5.41, 5.74) is 7.55. The molecule has 1 aromatic heterocycles. The lowest BCUT2D eigenvalue weighted by Gasteiger charge is -2.35. The van der Waals surface area contributed by atoms with Gasteiger partial charge in [-0.25, -0.2) is 9.37 Å². The van der Waals surface area contributed by atoms with Crippen LogP contribution < -0.4 is 15.2 Å². The van der Waals surface area contributed by atoms with E-state index in [-0.39, 0.29) is 5.82 Å². The second-order valence-electron chi connectivity index (χ2n) is 5.23. The first-order chi connectivity index (χ1) is 10.0. The van der Waals surface area contributed by atoms with Gasteiger partial charge >= 0.3 is 0 Å². The molecule has 1 aliphatic heterocycles. The quantitative estimate of drug-likeness (QED) is 0.922. The number of methoxy groups -OCH3 is 1. The number of pyridine rings is 1. The van der Waals surface area contributed by atoms with Crippen molar-refractivity contribution in [1.82, 2.24) is 4.98 Å². The third kappa shape index (κ3) is 2.23. The Morgan fingerprint density at radius 2 is 2.14 bits per heavy atom. The number of nitrogens with two attached hydrogens (primary N) is 1. The van der Waals surface area contributed by atoms with Crippen LogP contribution in [0.2, 0.25) is 0 Å². The van der Waals surface area contributed by atoms with E-state index in [4.69, 9.17) is 15.2 Å². The van der Waals surface area contributed by atoms with E-state index >= 15 is 0 Å². The summed E-state index contributed by atoms with van der Waals surface area (Å²) in [6.45, 7) is 2.19. The highest BCUT2D eigenvalue weighted by Gasteiger charge is 2.38. The molecular weight excluding hydrogens is 271 g/mol. The molecule has 2 heterocycles. The van der Waals surface area contributed by atoms with Gasteiger partial charge in [0.15, 0.2) is 0 Å². The molecule has 3 rings (SSSR count). The second kappa shape index (κ2) is 5.00. The van der Waals surface area contributed by atoms with Gasteiger partial charge in [-0.3, -0.25) is 0 Å². The second-order valence-corrected chi connectivity index (χ2v) is 5.23. The largest absolute Gasteiger partial charge is 0.491 e. The summed E-state index contributed by atoms with van der Waals surface area (Å²) in [5.74, 6) is 0.806. The van der Waals surface area contributed by atoms with Gasteiger partial charge in [-0.15, -0.1) is 0 Å². The van der Waals surface area contributed by atoms with Crippen LogP contribution in [0.4, 0.5) is 4.39 Å². The molecule has 110 valence electrons. The Morgan fingerprint density at radius 3 is 2.86 bits per heavy atom. The Morgan fingerprint density at radius 1 is 1.33 bits per heavy atom. The van der Waals surface area contributed by atoms with Gasteiger partial charge in [0.05, 0.1) is 19.3 Å². The molecule has 0 saturated heterocycles. The average Bonchev–Trinajstić information content (AvgIpc) is 2.50. The number of ether oxygens (including phenoxy) is 2. The predicted molar refractivity (Wildman–Crippen MR) is 77.0 cm³/mol. The number of aryl methyl sites for hydroxylation is 1. The molecule has 0 saturated carbocycles. The van der Waals surface area contributed by atoms with Crippen molar-refractivity contribution < 1.29 is 13.9 Å². The number of benzene rings is 1. The molecule has 0 bridgehead atoms. The van der Waals surface area contributed by atoms with E-state index in [0.717, 1.165) is 0 Å². The topological polar surface area (TPSA) is 57.4 Å². The molecule has 21 heavy (non-hydrogen) atoms. The molecule has 0 aliphatic carbocycles. The lowest BCUT2D eigenvalue weighted by atomic mass is 9.82. The van der Waals surface area contributed by atoms with Crippen LogP contribution in [0.25, 0.3) is 0 Å². The van der Waals surface area contributed by atoms with Crippen molar-refractivity contribution >= 4 is 0 Å². The Balaban J connectivity index is 2.16. The van der Waals surface area contributed by atoms with Crippen LogP contribution in [0, 0.1) is 12.7 Å². The summed E-state index contributed by atoms with van der Waals surface area (Å²) >= 11 is 0. The highest BCUT2D eigenvalue weighted by atomic mass is 19.1. The van der Waals surface area contributed by atoms with E-state index in [1.165, 1.54) is 6.07 Å². The first kappa shape index (κ1) is 13.8. The minimum Gasteiger partial charge on any atom is -0.491 e. The van der Waals surface area contributed by atoms with Crippen LogP contribution in [-0.2, 0) is 5.54 Å². The van der Waals surface area contributed by atoms with Crippen molar-refractivity contribution in [3.05, 3.63) is 53.0 Å². The van der Waals surface area contributed by atoms with Gasteiger partial charge in [0.1, 0.15) is 17.3 Å². The third-order valence-electron chi connectivity index (χ3n) is 3.91. The van der Waals surface area contributed by atoms with Gasteiger partial charge in [-0.2, -0.15) is 0 Å². The van der Waals surface area contributed by atoms with Crippen molar-refractivity contribution in [3.8, 4) is 11.6 Å². The zero-order valence-electron chi connectivity index (χ0n) is 12.0. The Labute approximate surface area is 122 Å². The first-order valence-corrected chi connectivity index (χ1v) is 6.78. The molecule has 0 unspecified atom stereocenters. The maximum atomic E-state index is 13.9. The van der Waals surface area contributed by atoms with Crippen molar-refractivity contribution in [3.63, 3.8) is 0 Å². The molecule has 2 aromatic rings. The SMILES string of the molecule is COc1ccc2c(n1)[C@@](N)(c1ccc(C)c(F)c1)CCO2. The molecule has 0 amide bonds. The van der Waals surface area contributed by atoms with Crippen LogP contribution in [0.1, 0.15) is 23.2 Å². The van der Waals surface area contributed by atoms with Crippen LogP contribution in [-0.4, -0.2) is 18.7 Å². The van der Waals surface area contributed by atoms with Crippen molar-refractivity contribution in [1.29, 1.82) is 0 Å². The molecule has 1 aromatic carbocycles. The number of nitrogens with zero attached hydrogens (tertiary/aromatic N) is 1. The van der Waals surface area contributed by atoms with E-state index in [9.17, 15) is 4.39 Å². The maximum absolute atomic E-state index is 13.9. The molecular formula is C16H17FN2O2. The van der Waals surface area contributed by atoms with Crippen LogP contribution >= 0.6 is 0 Å². The maximum Gasteiger partial charge on any atom is 0.213 e. The van der Waals surface area contributed by atoms with Crippen LogP contribution in [0.5, 0.6) is 11.6 Å². The third-order valence-corrected chi connectivity index (χ3v) is 3.91. The van der Waals surface area contributed by atoms with Gasteiger partial charge in [0.2, 0.25) is 5.88 Å². The summed E-state index contributed by atoms with van der Waals surface area (Å²) in [5, 5.41) is 0. The lowest BCUT2D eigenvalue weighted by Crippen LogP contribution is -2.43. The van der Waals surface area contributed by atoms with Gasteiger partial charge < -0.3 is 15.2 Å². The number of rotatable bonds is 2. The van der Waals surface area contributed by atoms with E-state index in [1.807, 2.05) is 6.07 Å². The number of fused-ring (bicyclic) bond motifs is 1. The highest BCUT2D eigenvalue weighted by Crippen LogP contribution is 2.39. The number of halogens is 1. The van der Waals surface area contributed by atoms with Gasteiger partial charge in [0, 0.05) is 12.5 Å². The fraction of sp³-hybridized carbons (Fsp3) is 0.312. The predicted octanol–water partition coefficient (Wildman–Crippen LogP) is 2.52. The fourth-order valence-electron chi connectivity index (χ4n) is 2.57. The monoisotopic (exact) mass is 288 g/mol. The van der Waals surface area contributed by atoms with Gasteiger partial charge in [-0.1, -0.05) is 12.1 Å². The normalized spacial score (nSPS) is 20.6. The molecule has 1 atom stereocenters. The summed E-state index contributed by atoms with van der Waals surface area (Å²) in [6, 6.07) is 8.56. The zero-order chi connectivity index (χ0) is 15.0. The zero-order valence-corrected chi connectivity index (χ0v) is 12.0. The molecule has 4 nitrogen and oxygen atoms in total. The van der Waals surface area contributed by atoms with Crippen molar-refractivity contribution in [2.24, 2.45) is 5.73 Å². The highest BCUT2D eigenvalue weighted by molar-refractivity contribution is 5.45. The minimum absolute atomic E-state index is 0.270. The molecule has 0 fully saturated rings. The summed E-state index contributed by atoms with van der Waals surface area (Å²) in [4.78, 5) is 4.42. The number of hydrogen-bond acceptors (Lipinski definition) is 4. The van der Waals surface area contributed by atoms with E-state index in [0.29, 0.717) is 41.5 Å². The standard InChI is InChI=1S/C16H17FN2O2/c1-10-3-4-11(9-12(10)17)16(18)7-8-21-13-5-6-14(20-2)19-15(13)16/h3-6,9H,7-8,18H2,1-2H3/t16-/m0/s1. The van der Waals surface area contributed by atoms with Crippen molar-refractivity contribution in [2.45, 2.75) is 18.9 Å². The molecule has 1 aliphatic rings. The first-order valence-electron chi connectivity index (χ1n) is 6.78. The van der Waals surface area contributed by atoms with Crippen LogP contribution in [0.15, 0.2) is 30.3 Å². The summed E-state index contributed by atoms with van der Waals surface area (Å²) in [6.07, 6.45) is 0.530. The smallest absolute Gasteiger partial charge is 0.213 e. The Hall–Kier alpha value is -2.14. The number of hydrogen-bond donors (Lipinski definition) is 1. The lowest BCUT2D eigenvalue weighted by molar-refractivity contribution is 0.229. The van der Waals surface area contributed by atoms with Gasteiger partial charge in [-0.05, 0) is 30.2 Å². The molecule has 2 N–H and O–H groups in total. The minimum atomic E-state index is -0.878. The van der Waals surface area contributed by atoms with Gasteiger partial charge in [0.25, 0.3) is 0 Å². The Bertz CT molecular complexity index is 690. The Kier molecular flexibility index (Phi) is 3.29. The van der Waals surface area contributed by atoms with E-state index < -0.39 is 5.54 Å². The van der Waals surface area contributed by atoms with Crippen molar-refractivity contribution in [2.75, 3.05) is 13.7 Å². The van der Waals surface area contributed by atoms with Crippen LogP contribution in [0.3, 0.4) is 0 Å². The molecule has 5 heteroatoms. The number of aromatic nitrogens is 1. The fourth-order valence-corrected chi connectivity index (χ4v) is 2.57. The molecule has 0 spiro atoms. The van der Waals surface area contributed by atoms with E-state index in [2.05, 4.69) is 4.98 Å². The summed E-state index contributed by atoms with van der Waals surface area (Å²) in [7, 11) is 1.54. The average molecular weight is 288 g/mol. The summed E-state index contributed by atoms with van der Waals surface area (Å²) < 4.78 is 24.7.